The maximum atomic E-state index is 11.6. The quantitative estimate of drug-likeness (QED) is 0.866. The van der Waals surface area contributed by atoms with Gasteiger partial charge in [0.15, 0.2) is 0 Å². The molecule has 0 saturated heterocycles. The van der Waals surface area contributed by atoms with Crippen molar-refractivity contribution in [3.05, 3.63) is 29.3 Å². The van der Waals surface area contributed by atoms with Gasteiger partial charge in [-0.05, 0) is 52.2 Å². The molecule has 2 N–H and O–H groups in total. The predicted octanol–water partition coefficient (Wildman–Crippen LogP) is 3.88. The number of hydrogen-bond donors (Lipinski definition) is 2. The van der Waals surface area contributed by atoms with E-state index in [1.54, 1.807) is 0 Å². The van der Waals surface area contributed by atoms with Crippen molar-refractivity contribution in [2.24, 2.45) is 0 Å². The second-order valence-corrected chi connectivity index (χ2v) is 6.39. The summed E-state index contributed by atoms with van der Waals surface area (Å²) in [6, 6.07) is 6.42. The van der Waals surface area contributed by atoms with Gasteiger partial charge in [0.05, 0.1) is 0 Å². The van der Waals surface area contributed by atoms with E-state index >= 15 is 0 Å². The fraction of sp³-hybridized carbons (Fsp3) is 0.588. The van der Waals surface area contributed by atoms with Crippen LogP contribution >= 0.6 is 0 Å². The lowest BCUT2D eigenvalue weighted by Crippen LogP contribution is -2.38. The molecule has 1 aromatic rings. The summed E-state index contributed by atoms with van der Waals surface area (Å²) >= 11 is 0. The Balaban J connectivity index is 2.55. The summed E-state index contributed by atoms with van der Waals surface area (Å²) < 4.78 is 5.23. The molecule has 0 aliphatic heterocycles. The molecular weight excluding hydrogens is 264 g/mol. The van der Waals surface area contributed by atoms with Gasteiger partial charge in [0.1, 0.15) is 5.60 Å². The molecule has 0 spiro atoms. The average Bonchev–Trinajstić information content (AvgIpc) is 2.37. The first-order valence-electron chi connectivity index (χ1n) is 7.54. The van der Waals surface area contributed by atoms with Crippen LogP contribution in [-0.2, 0) is 11.2 Å². The van der Waals surface area contributed by atoms with E-state index in [4.69, 9.17) is 4.74 Å². The van der Waals surface area contributed by atoms with E-state index in [0.29, 0.717) is 6.54 Å². The summed E-state index contributed by atoms with van der Waals surface area (Å²) in [4.78, 5) is 11.6. The molecule has 1 unspecified atom stereocenters. The third-order valence-corrected chi connectivity index (χ3v) is 3.08. The summed E-state index contributed by atoms with van der Waals surface area (Å²) in [5.41, 5.74) is 3.21. The molecule has 21 heavy (non-hydrogen) atoms. The van der Waals surface area contributed by atoms with Gasteiger partial charge < -0.3 is 15.4 Å². The van der Waals surface area contributed by atoms with Gasteiger partial charge in [-0.2, -0.15) is 0 Å². The van der Waals surface area contributed by atoms with Crippen LogP contribution in [0, 0.1) is 6.92 Å². The first-order chi connectivity index (χ1) is 9.73. The fourth-order valence-corrected chi connectivity index (χ4v) is 2.08. The Kier molecular flexibility index (Phi) is 6.06. The maximum Gasteiger partial charge on any atom is 0.407 e. The number of para-hydroxylation sites is 1. The van der Waals surface area contributed by atoms with Gasteiger partial charge in [0.25, 0.3) is 0 Å². The van der Waals surface area contributed by atoms with Crippen LogP contribution in [0.3, 0.4) is 0 Å². The van der Waals surface area contributed by atoms with Crippen LogP contribution in [0.5, 0.6) is 0 Å². The van der Waals surface area contributed by atoms with Crippen molar-refractivity contribution in [3.63, 3.8) is 0 Å². The first-order valence-corrected chi connectivity index (χ1v) is 7.54. The van der Waals surface area contributed by atoms with E-state index in [1.807, 2.05) is 27.7 Å². The van der Waals surface area contributed by atoms with Gasteiger partial charge in [-0.3, -0.25) is 0 Å². The SMILES string of the molecule is CCc1cccc(C)c1NC(C)CNC(=O)OC(C)(C)C. The fourth-order valence-electron chi connectivity index (χ4n) is 2.08. The predicted molar refractivity (Wildman–Crippen MR) is 87.9 cm³/mol. The summed E-state index contributed by atoms with van der Waals surface area (Å²) in [6.45, 7) is 12.4. The summed E-state index contributed by atoms with van der Waals surface area (Å²) in [6.07, 6.45) is 0.604. The van der Waals surface area contributed by atoms with Crippen LogP contribution in [0.1, 0.15) is 45.7 Å². The van der Waals surface area contributed by atoms with E-state index in [1.165, 1.54) is 16.8 Å². The van der Waals surface area contributed by atoms with Gasteiger partial charge in [0.2, 0.25) is 0 Å². The first kappa shape index (κ1) is 17.3. The molecule has 1 atom stereocenters. The summed E-state index contributed by atoms with van der Waals surface area (Å²) in [5.74, 6) is 0. The molecule has 0 bridgehead atoms. The van der Waals surface area contributed by atoms with Crippen molar-refractivity contribution in [1.82, 2.24) is 5.32 Å². The van der Waals surface area contributed by atoms with Gasteiger partial charge in [-0.15, -0.1) is 0 Å². The molecule has 1 rings (SSSR count). The van der Waals surface area contributed by atoms with Crippen LogP contribution < -0.4 is 10.6 Å². The number of alkyl carbamates (subject to hydrolysis) is 1. The molecule has 4 nitrogen and oxygen atoms in total. The standard InChI is InChI=1S/C17H28N2O2/c1-7-14-10-8-9-12(2)15(14)19-13(3)11-18-16(20)21-17(4,5)6/h8-10,13,19H,7,11H2,1-6H3,(H,18,20). The lowest BCUT2D eigenvalue weighted by Gasteiger charge is -2.22. The minimum absolute atomic E-state index is 0.129. The van der Waals surface area contributed by atoms with Crippen molar-refractivity contribution in [1.29, 1.82) is 0 Å². The number of anilines is 1. The average molecular weight is 292 g/mol. The number of amides is 1. The summed E-state index contributed by atoms with van der Waals surface area (Å²) in [5, 5.41) is 6.27. The van der Waals surface area contributed by atoms with E-state index < -0.39 is 5.60 Å². The number of carbonyl (C=O) groups excluding carboxylic acids is 1. The second kappa shape index (κ2) is 7.34. The van der Waals surface area contributed by atoms with E-state index in [-0.39, 0.29) is 12.1 Å². The largest absolute Gasteiger partial charge is 0.444 e. The molecule has 0 saturated carbocycles. The molecule has 1 aromatic carbocycles. The molecule has 0 aromatic heterocycles. The number of aryl methyl sites for hydroxylation is 2. The topological polar surface area (TPSA) is 50.4 Å². The lowest BCUT2D eigenvalue weighted by atomic mass is 10.1. The third kappa shape index (κ3) is 6.06. The number of nitrogens with one attached hydrogen (secondary N) is 2. The minimum atomic E-state index is -0.466. The number of hydrogen-bond acceptors (Lipinski definition) is 3. The van der Waals surface area contributed by atoms with Crippen molar-refractivity contribution in [2.75, 3.05) is 11.9 Å². The van der Waals surface area contributed by atoms with Crippen LogP contribution in [0.15, 0.2) is 18.2 Å². The molecule has 0 radical (unpaired) electrons. The Morgan fingerprint density at radius 1 is 1.33 bits per heavy atom. The van der Waals surface area contributed by atoms with E-state index in [9.17, 15) is 4.79 Å². The highest BCUT2D eigenvalue weighted by molar-refractivity contribution is 5.67. The zero-order chi connectivity index (χ0) is 16.0. The van der Waals surface area contributed by atoms with Crippen molar-refractivity contribution in [3.8, 4) is 0 Å². The normalized spacial score (nSPS) is 12.7. The number of carbonyl (C=O) groups is 1. The minimum Gasteiger partial charge on any atom is -0.444 e. The van der Waals surface area contributed by atoms with Gasteiger partial charge >= 0.3 is 6.09 Å². The molecule has 1 amide bonds. The third-order valence-electron chi connectivity index (χ3n) is 3.08. The zero-order valence-electron chi connectivity index (χ0n) is 14.0. The number of benzene rings is 1. The van der Waals surface area contributed by atoms with Gasteiger partial charge in [-0.1, -0.05) is 25.1 Å². The smallest absolute Gasteiger partial charge is 0.407 e. The Hall–Kier alpha value is -1.71. The highest BCUT2D eigenvalue weighted by atomic mass is 16.6. The second-order valence-electron chi connectivity index (χ2n) is 6.39. The molecule has 118 valence electrons. The van der Waals surface area contributed by atoms with Crippen LogP contribution in [-0.4, -0.2) is 24.3 Å². The maximum absolute atomic E-state index is 11.6. The Labute approximate surface area is 128 Å². The number of rotatable bonds is 5. The van der Waals surface area contributed by atoms with Crippen LogP contribution in [0.25, 0.3) is 0 Å². The Morgan fingerprint density at radius 2 is 2.00 bits per heavy atom. The van der Waals surface area contributed by atoms with Gasteiger partial charge in [-0.25, -0.2) is 4.79 Å². The highest BCUT2D eigenvalue weighted by Gasteiger charge is 2.16. The molecule has 0 aliphatic carbocycles. The summed E-state index contributed by atoms with van der Waals surface area (Å²) in [7, 11) is 0. The highest BCUT2D eigenvalue weighted by Crippen LogP contribution is 2.21. The lowest BCUT2D eigenvalue weighted by molar-refractivity contribution is 0.0526. The van der Waals surface area contributed by atoms with Crippen molar-refractivity contribution in [2.45, 2.75) is 59.6 Å². The molecular formula is C17H28N2O2. The Bertz CT molecular complexity index is 478. The number of ether oxygens (including phenoxy) is 1. The molecule has 0 heterocycles. The zero-order valence-corrected chi connectivity index (χ0v) is 14.0. The van der Waals surface area contributed by atoms with Crippen LogP contribution in [0.4, 0.5) is 10.5 Å². The monoisotopic (exact) mass is 292 g/mol. The molecule has 4 heteroatoms. The van der Waals surface area contributed by atoms with Crippen molar-refractivity contribution < 1.29 is 9.53 Å². The van der Waals surface area contributed by atoms with Gasteiger partial charge in [0, 0.05) is 18.3 Å². The molecule has 0 fully saturated rings. The van der Waals surface area contributed by atoms with Crippen molar-refractivity contribution >= 4 is 11.8 Å². The Morgan fingerprint density at radius 3 is 2.57 bits per heavy atom. The van der Waals surface area contributed by atoms with E-state index in [0.717, 1.165) is 6.42 Å². The van der Waals surface area contributed by atoms with Crippen LogP contribution in [0.2, 0.25) is 0 Å². The molecule has 0 aliphatic rings. The van der Waals surface area contributed by atoms with E-state index in [2.05, 4.69) is 42.7 Å².